The van der Waals surface area contributed by atoms with Crippen LogP contribution in [0.25, 0.3) is 0 Å². The molecule has 0 heterocycles. The number of nitrogen functional groups attached to an aromatic ring is 1. The average molecular weight is 400 g/mol. The molecule has 0 aliphatic carbocycles. The van der Waals surface area contributed by atoms with Gasteiger partial charge in [-0.05, 0) is 42.0 Å². The van der Waals surface area contributed by atoms with Gasteiger partial charge in [-0.25, -0.2) is 0 Å². The summed E-state index contributed by atoms with van der Waals surface area (Å²) in [5.41, 5.74) is 12.7. The normalized spacial score (nSPS) is 12.3. The number of thioether (sulfide) groups is 1. The van der Waals surface area contributed by atoms with Crippen LogP contribution in [0.3, 0.4) is 0 Å². The van der Waals surface area contributed by atoms with Crippen molar-refractivity contribution in [3.05, 3.63) is 58.6 Å². The number of halogens is 1. The zero-order chi connectivity index (χ0) is 16.2. The fourth-order valence-electron chi connectivity index (χ4n) is 1.58. The summed E-state index contributed by atoms with van der Waals surface area (Å²) in [6, 6.07) is 13.5. The van der Waals surface area contributed by atoms with E-state index in [-0.39, 0.29) is 10.1 Å². The molecule has 0 amide bonds. The zero-order valence-electron chi connectivity index (χ0n) is 11.4. The topological polar surface area (TPSA) is 98.5 Å². The Balaban J connectivity index is 2.07. The van der Waals surface area contributed by atoms with Crippen LogP contribution in [0, 0.1) is 0 Å². The van der Waals surface area contributed by atoms with Crippen molar-refractivity contribution < 1.29 is 8.42 Å². The molecule has 0 aliphatic heterocycles. The van der Waals surface area contributed by atoms with Crippen molar-refractivity contribution >= 4 is 48.6 Å². The minimum Gasteiger partial charge on any atom is -0.399 e. The molecule has 2 aromatic carbocycles. The van der Waals surface area contributed by atoms with E-state index in [1.807, 2.05) is 24.3 Å². The summed E-state index contributed by atoms with van der Waals surface area (Å²) < 4.78 is 28.8. The van der Waals surface area contributed by atoms with Crippen LogP contribution in [0.4, 0.5) is 5.69 Å². The van der Waals surface area contributed by atoms with E-state index >= 15 is 0 Å². The number of rotatable bonds is 4. The van der Waals surface area contributed by atoms with Crippen LogP contribution in [0.15, 0.2) is 62.3 Å². The van der Waals surface area contributed by atoms with E-state index in [1.54, 1.807) is 0 Å². The van der Waals surface area contributed by atoms with Gasteiger partial charge in [0.2, 0.25) is 0 Å². The molecule has 4 N–H and O–H groups in total. The van der Waals surface area contributed by atoms with Crippen LogP contribution in [-0.4, -0.2) is 13.6 Å². The van der Waals surface area contributed by atoms with Gasteiger partial charge in [0.1, 0.15) is 0 Å². The molecule has 0 radical (unpaired) electrons. The molecule has 0 atom stereocenters. The van der Waals surface area contributed by atoms with Crippen molar-refractivity contribution in [3.8, 4) is 0 Å². The Morgan fingerprint density at radius 1 is 1.09 bits per heavy atom. The lowest BCUT2D eigenvalue weighted by Gasteiger charge is -2.03. The molecule has 0 bridgehead atoms. The van der Waals surface area contributed by atoms with Gasteiger partial charge in [0.15, 0.2) is 5.17 Å². The summed E-state index contributed by atoms with van der Waals surface area (Å²) in [5.74, 6) is 0.542. The molecule has 0 saturated heterocycles. The highest BCUT2D eigenvalue weighted by Crippen LogP contribution is 2.18. The predicted molar refractivity (Wildman–Crippen MR) is 95.1 cm³/mol. The number of sulfonamides is 1. The van der Waals surface area contributed by atoms with Gasteiger partial charge < -0.3 is 11.5 Å². The van der Waals surface area contributed by atoms with Crippen molar-refractivity contribution in [1.82, 2.24) is 0 Å². The second-order valence-corrected chi connectivity index (χ2v) is 7.90. The molecule has 8 heteroatoms. The average Bonchev–Trinajstić information content (AvgIpc) is 2.46. The number of hydrogen-bond donors (Lipinski definition) is 2. The van der Waals surface area contributed by atoms with Crippen molar-refractivity contribution in [2.24, 2.45) is 10.1 Å². The van der Waals surface area contributed by atoms with Crippen molar-refractivity contribution in [3.63, 3.8) is 0 Å². The maximum absolute atomic E-state index is 12.1. The maximum atomic E-state index is 12.1. The number of anilines is 1. The van der Waals surface area contributed by atoms with E-state index in [2.05, 4.69) is 20.3 Å². The van der Waals surface area contributed by atoms with Gasteiger partial charge in [0.05, 0.1) is 4.90 Å². The molecule has 0 aromatic heterocycles. The molecule has 2 aromatic rings. The summed E-state index contributed by atoms with van der Waals surface area (Å²) in [6.07, 6.45) is 0. The van der Waals surface area contributed by atoms with E-state index in [0.717, 1.165) is 10.0 Å². The first-order valence-corrected chi connectivity index (χ1v) is 9.42. The molecule has 0 fully saturated rings. The molecule has 2 rings (SSSR count). The van der Waals surface area contributed by atoms with Crippen LogP contribution in [0.2, 0.25) is 0 Å². The SMILES string of the molecule is N/C(=N\S(=O)(=O)c1ccc(N)cc1)SCc1ccc(Br)cc1. The Bertz CT molecular complexity index is 773. The third-order valence-corrected chi connectivity index (χ3v) is 5.50. The predicted octanol–water partition coefficient (Wildman–Crippen LogP) is 2.97. The lowest BCUT2D eigenvalue weighted by atomic mass is 10.2. The lowest BCUT2D eigenvalue weighted by molar-refractivity contribution is 0.598. The van der Waals surface area contributed by atoms with Crippen LogP contribution in [0.5, 0.6) is 0 Å². The van der Waals surface area contributed by atoms with Crippen LogP contribution >= 0.6 is 27.7 Å². The number of nitrogens with zero attached hydrogens (tertiary/aromatic N) is 1. The van der Waals surface area contributed by atoms with Crippen LogP contribution < -0.4 is 11.5 Å². The van der Waals surface area contributed by atoms with Crippen LogP contribution in [0.1, 0.15) is 5.56 Å². The monoisotopic (exact) mass is 399 g/mol. The fourth-order valence-corrected chi connectivity index (χ4v) is 3.67. The van der Waals surface area contributed by atoms with Gasteiger partial charge in [-0.2, -0.15) is 8.42 Å². The molecular formula is C14H14BrN3O2S2. The van der Waals surface area contributed by atoms with E-state index in [1.165, 1.54) is 36.0 Å². The molecule has 0 saturated carbocycles. The third kappa shape index (κ3) is 4.75. The molecular weight excluding hydrogens is 386 g/mol. The van der Waals surface area contributed by atoms with E-state index in [4.69, 9.17) is 11.5 Å². The molecule has 116 valence electrons. The highest BCUT2D eigenvalue weighted by molar-refractivity contribution is 9.10. The Kier molecular flexibility index (Phi) is 5.49. The molecule has 0 unspecified atom stereocenters. The first-order valence-electron chi connectivity index (χ1n) is 6.20. The molecule has 0 spiro atoms. The van der Waals surface area contributed by atoms with Crippen molar-refractivity contribution in [1.29, 1.82) is 0 Å². The zero-order valence-corrected chi connectivity index (χ0v) is 14.7. The Morgan fingerprint density at radius 2 is 1.68 bits per heavy atom. The molecule has 5 nitrogen and oxygen atoms in total. The van der Waals surface area contributed by atoms with Gasteiger partial charge in [0.25, 0.3) is 10.0 Å². The van der Waals surface area contributed by atoms with Gasteiger partial charge >= 0.3 is 0 Å². The Labute approximate surface area is 142 Å². The third-order valence-electron chi connectivity index (χ3n) is 2.69. The highest BCUT2D eigenvalue weighted by atomic mass is 79.9. The van der Waals surface area contributed by atoms with Gasteiger partial charge in [-0.15, -0.1) is 4.40 Å². The number of hydrogen-bond acceptors (Lipinski definition) is 4. The quantitative estimate of drug-likeness (QED) is 0.467. The minimum atomic E-state index is -3.81. The van der Waals surface area contributed by atoms with Gasteiger partial charge in [0, 0.05) is 15.9 Å². The van der Waals surface area contributed by atoms with E-state index in [0.29, 0.717) is 11.4 Å². The summed E-state index contributed by atoms with van der Waals surface area (Å²) in [5, 5.41) is -0.000237. The smallest absolute Gasteiger partial charge is 0.284 e. The van der Waals surface area contributed by atoms with Gasteiger partial charge in [-0.1, -0.05) is 39.8 Å². The lowest BCUT2D eigenvalue weighted by Crippen LogP contribution is -2.11. The second kappa shape index (κ2) is 7.17. The highest BCUT2D eigenvalue weighted by Gasteiger charge is 2.13. The second-order valence-electron chi connectivity index (χ2n) is 4.39. The summed E-state index contributed by atoms with van der Waals surface area (Å²) in [7, 11) is -3.81. The van der Waals surface area contributed by atoms with Gasteiger partial charge in [-0.3, -0.25) is 0 Å². The number of nitrogens with two attached hydrogens (primary N) is 2. The fraction of sp³-hybridized carbons (Fsp3) is 0.0714. The Hall–Kier alpha value is -1.51. The van der Waals surface area contributed by atoms with Crippen LogP contribution in [-0.2, 0) is 15.8 Å². The first kappa shape index (κ1) is 16.9. The van der Waals surface area contributed by atoms with E-state index in [9.17, 15) is 8.42 Å². The maximum Gasteiger partial charge on any atom is 0.284 e. The summed E-state index contributed by atoms with van der Waals surface area (Å²) in [6.45, 7) is 0. The molecule has 0 aliphatic rings. The first-order chi connectivity index (χ1) is 10.4. The summed E-state index contributed by atoms with van der Waals surface area (Å²) >= 11 is 4.52. The number of amidine groups is 1. The standard InChI is InChI=1S/C14H14BrN3O2S2/c15-11-3-1-10(2-4-11)9-21-14(17)18-22(19,20)13-7-5-12(16)6-8-13/h1-8H,9,16H2,(H2,17,18). The molecule has 22 heavy (non-hydrogen) atoms. The van der Waals surface area contributed by atoms with Crippen molar-refractivity contribution in [2.45, 2.75) is 10.6 Å². The largest absolute Gasteiger partial charge is 0.399 e. The Morgan fingerprint density at radius 3 is 2.27 bits per heavy atom. The number of benzene rings is 2. The van der Waals surface area contributed by atoms with E-state index < -0.39 is 10.0 Å². The summed E-state index contributed by atoms with van der Waals surface area (Å²) in [4.78, 5) is 0.0638. The van der Waals surface area contributed by atoms with Crippen molar-refractivity contribution in [2.75, 3.05) is 5.73 Å². The minimum absolute atomic E-state index is 0.000237.